The Bertz CT molecular complexity index is 3000. The molecular weight excluding hydrogens is 701 g/mol. The number of hydrogen-bond donors (Lipinski definition) is 0. The molecule has 0 fully saturated rings. The lowest BCUT2D eigenvalue weighted by Gasteiger charge is -2.07. The van der Waals surface area contributed by atoms with E-state index in [1.165, 1.54) is 59.1 Å². The average molecular weight is 733 g/mol. The van der Waals surface area contributed by atoms with E-state index in [4.69, 9.17) is 14.4 Å². The molecule has 56 heavy (non-hydrogen) atoms. The van der Waals surface area contributed by atoms with Crippen molar-refractivity contribution in [2.24, 2.45) is 0 Å². The summed E-state index contributed by atoms with van der Waals surface area (Å²) in [5.74, 6) is 0. The standard InChI is InChI=1S/C52H32N2OS/c1-3-9-33(10-4-1)35-17-21-37(22-18-35)39-25-27-47-46(31-39)50-51(55-47)49(53-32-54-50)42-14-7-13-41(29-42)43-15-8-16-44-45-30-40(26-28-48(45)56-52(43)44)38-23-19-36(20-24-38)34-11-5-2-6-12-34/h1-32H. The topological polar surface area (TPSA) is 38.9 Å². The fourth-order valence-electron chi connectivity index (χ4n) is 7.97. The molecule has 0 unspecified atom stereocenters. The lowest BCUT2D eigenvalue weighted by Crippen LogP contribution is -1.88. The Morgan fingerprint density at radius 2 is 0.911 bits per heavy atom. The van der Waals surface area contributed by atoms with Crippen LogP contribution in [0.15, 0.2) is 199 Å². The first-order valence-electron chi connectivity index (χ1n) is 18.8. The van der Waals surface area contributed by atoms with E-state index in [9.17, 15) is 0 Å². The van der Waals surface area contributed by atoms with E-state index < -0.39 is 0 Å². The quantitative estimate of drug-likeness (QED) is 0.171. The first kappa shape index (κ1) is 32.3. The molecule has 0 atom stereocenters. The molecule has 3 nitrogen and oxygen atoms in total. The van der Waals surface area contributed by atoms with E-state index in [0.717, 1.165) is 44.4 Å². The van der Waals surface area contributed by atoms with Crippen LogP contribution in [0.5, 0.6) is 0 Å². The first-order valence-corrected chi connectivity index (χ1v) is 19.6. The maximum absolute atomic E-state index is 6.52. The zero-order valence-corrected chi connectivity index (χ0v) is 31.0. The van der Waals surface area contributed by atoms with Crippen molar-refractivity contribution < 1.29 is 4.42 Å². The third kappa shape index (κ3) is 5.58. The highest BCUT2D eigenvalue weighted by Gasteiger charge is 2.18. The van der Waals surface area contributed by atoms with Gasteiger partial charge in [0.05, 0.1) is 0 Å². The fraction of sp³-hybridized carbons (Fsp3) is 0. The Morgan fingerprint density at radius 1 is 0.375 bits per heavy atom. The molecule has 0 spiro atoms. The molecule has 11 aromatic rings. The molecule has 0 saturated carbocycles. The van der Waals surface area contributed by atoms with Gasteiger partial charge in [-0.2, -0.15) is 0 Å². The summed E-state index contributed by atoms with van der Waals surface area (Å²) >= 11 is 1.85. The summed E-state index contributed by atoms with van der Waals surface area (Å²) in [5.41, 5.74) is 16.0. The lowest BCUT2D eigenvalue weighted by molar-refractivity contribution is 0.667. The summed E-state index contributed by atoms with van der Waals surface area (Å²) in [7, 11) is 0. The first-order chi connectivity index (χ1) is 27.7. The maximum atomic E-state index is 6.52. The largest absolute Gasteiger partial charge is 0.452 e. The van der Waals surface area contributed by atoms with E-state index in [0.29, 0.717) is 5.58 Å². The number of hydrogen-bond acceptors (Lipinski definition) is 4. The second-order valence-corrected chi connectivity index (χ2v) is 15.2. The predicted molar refractivity (Wildman–Crippen MR) is 235 cm³/mol. The molecular formula is C52H32N2OS. The minimum Gasteiger partial charge on any atom is -0.452 e. The van der Waals surface area contributed by atoms with E-state index in [1.807, 2.05) is 23.5 Å². The summed E-state index contributed by atoms with van der Waals surface area (Å²) in [6.07, 6.45) is 1.65. The summed E-state index contributed by atoms with van der Waals surface area (Å²) in [6, 6.07) is 67.1. The number of thiophene rings is 1. The zero-order valence-electron chi connectivity index (χ0n) is 30.2. The van der Waals surface area contributed by atoms with Crippen LogP contribution in [0.1, 0.15) is 0 Å². The maximum Gasteiger partial charge on any atom is 0.180 e. The van der Waals surface area contributed by atoms with Crippen LogP contribution < -0.4 is 0 Å². The van der Waals surface area contributed by atoms with Crippen molar-refractivity contribution in [3.63, 3.8) is 0 Å². The number of fused-ring (bicyclic) bond motifs is 6. The van der Waals surface area contributed by atoms with Gasteiger partial charge in [-0.15, -0.1) is 11.3 Å². The number of furan rings is 1. The van der Waals surface area contributed by atoms with Crippen LogP contribution in [-0.2, 0) is 0 Å². The number of rotatable bonds is 6. The van der Waals surface area contributed by atoms with Gasteiger partial charge in [0.1, 0.15) is 23.1 Å². The van der Waals surface area contributed by atoms with Gasteiger partial charge in [-0.25, -0.2) is 9.97 Å². The SMILES string of the molecule is c1ccc(-c2ccc(-c3ccc4sc5c(-c6cccc(-c7ncnc8c7oc7ccc(-c9ccc(-c%10ccccc%10)cc9)cc78)c6)cccc5c4c3)cc2)cc1. The summed E-state index contributed by atoms with van der Waals surface area (Å²) in [6.45, 7) is 0. The Labute approximate surface area is 327 Å². The fourth-order valence-corrected chi connectivity index (χ4v) is 9.19. The van der Waals surface area contributed by atoms with Gasteiger partial charge >= 0.3 is 0 Å². The van der Waals surface area contributed by atoms with Crippen LogP contribution in [0.2, 0.25) is 0 Å². The van der Waals surface area contributed by atoms with Crippen molar-refractivity contribution in [3.8, 4) is 66.9 Å². The third-order valence-electron chi connectivity index (χ3n) is 10.8. The van der Waals surface area contributed by atoms with Crippen LogP contribution in [0.3, 0.4) is 0 Å². The Hall–Kier alpha value is -7.14. The molecule has 8 aromatic carbocycles. The monoisotopic (exact) mass is 732 g/mol. The summed E-state index contributed by atoms with van der Waals surface area (Å²) in [4.78, 5) is 9.52. The minimum absolute atomic E-state index is 0.695. The Balaban J connectivity index is 0.938. The van der Waals surface area contributed by atoms with Crippen molar-refractivity contribution in [1.82, 2.24) is 9.97 Å². The highest BCUT2D eigenvalue weighted by Crippen LogP contribution is 2.43. The van der Waals surface area contributed by atoms with Gasteiger partial charge in [0.2, 0.25) is 0 Å². The number of aromatic nitrogens is 2. The molecule has 0 aliphatic carbocycles. The minimum atomic E-state index is 0.695. The van der Waals surface area contributed by atoms with Crippen LogP contribution in [0.25, 0.3) is 109 Å². The molecule has 0 bridgehead atoms. The molecule has 3 aromatic heterocycles. The third-order valence-corrected chi connectivity index (χ3v) is 12.1. The average Bonchev–Trinajstić information content (AvgIpc) is 3.85. The summed E-state index contributed by atoms with van der Waals surface area (Å²) < 4.78 is 9.07. The molecule has 0 radical (unpaired) electrons. The molecule has 0 aliphatic rings. The van der Waals surface area contributed by atoms with E-state index in [1.54, 1.807) is 6.33 Å². The van der Waals surface area contributed by atoms with Gasteiger partial charge in [-0.3, -0.25) is 0 Å². The molecule has 11 rings (SSSR count). The van der Waals surface area contributed by atoms with E-state index in [-0.39, 0.29) is 0 Å². The second kappa shape index (κ2) is 13.3. The highest BCUT2D eigenvalue weighted by molar-refractivity contribution is 7.26. The molecule has 0 saturated heterocycles. The van der Waals surface area contributed by atoms with Gasteiger partial charge < -0.3 is 4.42 Å². The van der Waals surface area contributed by atoms with Crippen LogP contribution in [0, 0.1) is 0 Å². The van der Waals surface area contributed by atoms with Gasteiger partial charge in [0.15, 0.2) is 5.58 Å². The van der Waals surface area contributed by atoms with Crippen LogP contribution >= 0.6 is 11.3 Å². The predicted octanol–water partition coefficient (Wildman–Crippen LogP) is 14.7. The van der Waals surface area contributed by atoms with Gasteiger partial charge in [-0.05, 0) is 86.0 Å². The van der Waals surface area contributed by atoms with Crippen LogP contribution in [0.4, 0.5) is 0 Å². The Morgan fingerprint density at radius 3 is 1.59 bits per heavy atom. The van der Waals surface area contributed by atoms with E-state index >= 15 is 0 Å². The Kier molecular flexibility index (Phi) is 7.68. The summed E-state index contributed by atoms with van der Waals surface area (Å²) in [5, 5.41) is 3.52. The normalized spacial score (nSPS) is 11.6. The van der Waals surface area contributed by atoms with Crippen molar-refractivity contribution in [2.45, 2.75) is 0 Å². The van der Waals surface area contributed by atoms with Crippen molar-refractivity contribution >= 4 is 53.6 Å². The van der Waals surface area contributed by atoms with Crippen LogP contribution in [-0.4, -0.2) is 9.97 Å². The number of nitrogens with zero attached hydrogens (tertiary/aromatic N) is 2. The van der Waals surface area contributed by atoms with Gasteiger partial charge in [0.25, 0.3) is 0 Å². The lowest BCUT2D eigenvalue weighted by atomic mass is 9.97. The number of benzene rings is 8. The zero-order chi connectivity index (χ0) is 37.0. The van der Waals surface area contributed by atoms with Crippen molar-refractivity contribution in [1.29, 1.82) is 0 Å². The molecule has 4 heteroatoms. The molecule has 0 N–H and O–H groups in total. The molecule has 262 valence electrons. The smallest absolute Gasteiger partial charge is 0.180 e. The van der Waals surface area contributed by atoms with Crippen molar-refractivity contribution in [2.75, 3.05) is 0 Å². The van der Waals surface area contributed by atoms with E-state index in [2.05, 4.69) is 176 Å². The molecule has 3 heterocycles. The molecule has 0 amide bonds. The van der Waals surface area contributed by atoms with Crippen molar-refractivity contribution in [3.05, 3.63) is 194 Å². The highest BCUT2D eigenvalue weighted by atomic mass is 32.1. The van der Waals surface area contributed by atoms with Gasteiger partial charge in [-0.1, -0.05) is 158 Å². The molecule has 0 aliphatic heterocycles. The second-order valence-electron chi connectivity index (χ2n) is 14.2. The van der Waals surface area contributed by atoms with Gasteiger partial charge in [0, 0.05) is 31.1 Å².